The Kier molecular flexibility index (Phi) is 7.82. The van der Waals surface area contributed by atoms with E-state index in [9.17, 15) is 14.7 Å². The van der Waals surface area contributed by atoms with Crippen LogP contribution in [0.5, 0.6) is 17.2 Å². The van der Waals surface area contributed by atoms with Crippen molar-refractivity contribution in [3.63, 3.8) is 0 Å². The van der Waals surface area contributed by atoms with Crippen LogP contribution in [0.1, 0.15) is 44.9 Å². The molecule has 3 aromatic rings. The lowest BCUT2D eigenvalue weighted by Gasteiger charge is -2.26. The van der Waals surface area contributed by atoms with Crippen molar-refractivity contribution in [1.29, 1.82) is 0 Å². The third-order valence-corrected chi connectivity index (χ3v) is 5.85. The standard InChI is InChI=1S/C30H31NO6/c1-5-35-23-14-10-20(11-15-23)28(32)26-27(21-8-7-9-25(18-21)37-19(3)4)31(30(34)29(26)33)22-12-16-24(17-13-22)36-6-2/h7-19,27,32H,5-6H2,1-4H3/b28-26-. The van der Waals surface area contributed by atoms with Crippen molar-refractivity contribution in [3.05, 3.63) is 89.5 Å². The van der Waals surface area contributed by atoms with Crippen molar-refractivity contribution in [2.45, 2.75) is 39.8 Å². The normalized spacial score (nSPS) is 16.8. The molecule has 0 radical (unpaired) electrons. The van der Waals surface area contributed by atoms with Crippen molar-refractivity contribution in [2.75, 3.05) is 18.1 Å². The zero-order chi connectivity index (χ0) is 26.5. The van der Waals surface area contributed by atoms with Crippen LogP contribution in [-0.2, 0) is 9.59 Å². The molecule has 0 spiro atoms. The van der Waals surface area contributed by atoms with E-state index in [1.54, 1.807) is 54.6 Å². The SMILES string of the molecule is CCOc1ccc(/C(O)=C2/C(=O)C(=O)N(c3ccc(OCC)cc3)C2c2cccc(OC(C)C)c2)cc1. The first-order chi connectivity index (χ1) is 17.8. The molecule has 4 rings (SSSR count). The number of aliphatic hydroxyl groups is 1. The highest BCUT2D eigenvalue weighted by molar-refractivity contribution is 6.51. The number of aliphatic hydroxyl groups excluding tert-OH is 1. The van der Waals surface area contributed by atoms with E-state index in [0.717, 1.165) is 0 Å². The first-order valence-electron chi connectivity index (χ1n) is 12.4. The number of ether oxygens (including phenoxy) is 3. The van der Waals surface area contributed by atoms with Gasteiger partial charge in [0.15, 0.2) is 0 Å². The highest BCUT2D eigenvalue weighted by Gasteiger charge is 2.47. The smallest absolute Gasteiger partial charge is 0.300 e. The summed E-state index contributed by atoms with van der Waals surface area (Å²) >= 11 is 0. The molecule has 0 aromatic heterocycles. The fourth-order valence-corrected chi connectivity index (χ4v) is 4.35. The predicted octanol–water partition coefficient (Wildman–Crippen LogP) is 5.90. The molecule has 1 aliphatic heterocycles. The van der Waals surface area contributed by atoms with Crippen LogP contribution in [0.15, 0.2) is 78.4 Å². The molecule has 1 amide bonds. The Morgan fingerprint density at radius 2 is 1.46 bits per heavy atom. The number of Topliss-reactive ketones (excluding diaryl/α,β-unsaturated/α-hetero) is 1. The minimum atomic E-state index is -0.861. The summed E-state index contributed by atoms with van der Waals surface area (Å²) in [6.45, 7) is 8.63. The third kappa shape index (κ3) is 5.45. The summed E-state index contributed by atoms with van der Waals surface area (Å²) in [5.41, 5.74) is 1.56. The Morgan fingerprint density at radius 1 is 0.865 bits per heavy atom. The topological polar surface area (TPSA) is 85.3 Å². The number of benzene rings is 3. The molecule has 1 atom stereocenters. The highest BCUT2D eigenvalue weighted by atomic mass is 16.5. The Balaban J connectivity index is 1.86. The van der Waals surface area contributed by atoms with Crippen LogP contribution in [-0.4, -0.2) is 36.1 Å². The van der Waals surface area contributed by atoms with Crippen molar-refractivity contribution in [2.24, 2.45) is 0 Å². The molecular weight excluding hydrogens is 470 g/mol. The maximum atomic E-state index is 13.4. The number of nitrogens with zero attached hydrogens (tertiary/aromatic N) is 1. The van der Waals surface area contributed by atoms with E-state index in [0.29, 0.717) is 47.3 Å². The van der Waals surface area contributed by atoms with Gasteiger partial charge in [-0.05, 0) is 93.9 Å². The number of carbonyl (C=O) groups is 2. The minimum Gasteiger partial charge on any atom is -0.507 e. The van der Waals surface area contributed by atoms with Crippen LogP contribution < -0.4 is 19.1 Å². The number of ketones is 1. The summed E-state index contributed by atoms with van der Waals surface area (Å²) < 4.78 is 16.9. The zero-order valence-electron chi connectivity index (χ0n) is 21.4. The zero-order valence-corrected chi connectivity index (χ0v) is 21.4. The molecule has 1 unspecified atom stereocenters. The average molecular weight is 502 g/mol. The van der Waals surface area contributed by atoms with Gasteiger partial charge in [0.2, 0.25) is 0 Å². The number of carbonyl (C=O) groups excluding carboxylic acids is 2. The summed E-state index contributed by atoms with van der Waals surface area (Å²) in [5.74, 6) is 0.156. The van der Waals surface area contributed by atoms with Crippen LogP contribution in [0.25, 0.3) is 5.76 Å². The Hall–Kier alpha value is -4.26. The van der Waals surface area contributed by atoms with E-state index in [-0.39, 0.29) is 17.4 Å². The molecule has 1 heterocycles. The fourth-order valence-electron chi connectivity index (χ4n) is 4.35. The molecular formula is C30H31NO6. The largest absolute Gasteiger partial charge is 0.507 e. The quantitative estimate of drug-likeness (QED) is 0.223. The van der Waals surface area contributed by atoms with E-state index >= 15 is 0 Å². The van der Waals surface area contributed by atoms with Gasteiger partial charge in [-0.25, -0.2) is 0 Å². The van der Waals surface area contributed by atoms with Gasteiger partial charge in [0.1, 0.15) is 23.0 Å². The van der Waals surface area contributed by atoms with Gasteiger partial charge in [-0.3, -0.25) is 14.5 Å². The second kappa shape index (κ2) is 11.2. The Labute approximate surface area is 216 Å². The van der Waals surface area contributed by atoms with Crippen LogP contribution in [0.3, 0.4) is 0 Å². The summed E-state index contributed by atoms with van der Waals surface area (Å²) in [6.07, 6.45) is -0.0587. The fraction of sp³-hybridized carbons (Fsp3) is 0.267. The molecule has 3 aromatic carbocycles. The van der Waals surface area contributed by atoms with Gasteiger partial charge in [0, 0.05) is 11.3 Å². The van der Waals surface area contributed by atoms with Crippen LogP contribution >= 0.6 is 0 Å². The lowest BCUT2D eigenvalue weighted by Crippen LogP contribution is -2.29. The monoisotopic (exact) mass is 501 g/mol. The lowest BCUT2D eigenvalue weighted by atomic mass is 9.95. The molecule has 1 fully saturated rings. The summed E-state index contributed by atoms with van der Waals surface area (Å²) in [6, 6.07) is 20.1. The molecule has 192 valence electrons. The van der Waals surface area contributed by atoms with Gasteiger partial charge in [-0.15, -0.1) is 0 Å². The second-order valence-electron chi connectivity index (χ2n) is 8.79. The number of hydrogen-bond donors (Lipinski definition) is 1. The van der Waals surface area contributed by atoms with E-state index in [2.05, 4.69) is 0 Å². The van der Waals surface area contributed by atoms with E-state index in [1.165, 1.54) is 4.90 Å². The molecule has 37 heavy (non-hydrogen) atoms. The Morgan fingerprint density at radius 3 is 2.03 bits per heavy atom. The minimum absolute atomic E-state index is 0.00439. The molecule has 1 N–H and O–H groups in total. The van der Waals surface area contributed by atoms with Crippen LogP contribution in [0, 0.1) is 0 Å². The summed E-state index contributed by atoms with van der Waals surface area (Å²) in [4.78, 5) is 28.2. The number of anilines is 1. The molecule has 7 nitrogen and oxygen atoms in total. The third-order valence-electron chi connectivity index (χ3n) is 5.85. The summed E-state index contributed by atoms with van der Waals surface area (Å²) in [7, 11) is 0. The second-order valence-corrected chi connectivity index (χ2v) is 8.79. The van der Waals surface area contributed by atoms with E-state index in [4.69, 9.17) is 14.2 Å². The van der Waals surface area contributed by atoms with Crippen LogP contribution in [0.2, 0.25) is 0 Å². The summed E-state index contributed by atoms with van der Waals surface area (Å²) in [5, 5.41) is 11.3. The maximum Gasteiger partial charge on any atom is 0.300 e. The highest BCUT2D eigenvalue weighted by Crippen LogP contribution is 2.43. The van der Waals surface area contributed by atoms with Gasteiger partial charge in [0.05, 0.1) is 30.9 Å². The van der Waals surface area contributed by atoms with Gasteiger partial charge in [-0.1, -0.05) is 12.1 Å². The molecule has 0 saturated carbocycles. The van der Waals surface area contributed by atoms with Gasteiger partial charge >= 0.3 is 0 Å². The molecule has 0 aliphatic carbocycles. The molecule has 0 bridgehead atoms. The average Bonchev–Trinajstić information content (AvgIpc) is 3.15. The van der Waals surface area contributed by atoms with Crippen LogP contribution in [0.4, 0.5) is 5.69 Å². The molecule has 1 saturated heterocycles. The van der Waals surface area contributed by atoms with Crippen molar-refractivity contribution in [1.82, 2.24) is 0 Å². The van der Waals surface area contributed by atoms with E-state index < -0.39 is 17.7 Å². The number of rotatable bonds is 9. The maximum absolute atomic E-state index is 13.4. The van der Waals surface area contributed by atoms with Crippen molar-refractivity contribution in [3.8, 4) is 17.2 Å². The predicted molar refractivity (Wildman–Crippen MR) is 142 cm³/mol. The number of amides is 1. The Bertz CT molecular complexity index is 1290. The first-order valence-corrected chi connectivity index (χ1v) is 12.4. The lowest BCUT2D eigenvalue weighted by molar-refractivity contribution is -0.132. The van der Waals surface area contributed by atoms with Crippen molar-refractivity contribution < 1.29 is 28.9 Å². The van der Waals surface area contributed by atoms with Gasteiger partial charge in [0.25, 0.3) is 11.7 Å². The van der Waals surface area contributed by atoms with Crippen molar-refractivity contribution >= 4 is 23.1 Å². The van der Waals surface area contributed by atoms with Gasteiger partial charge in [-0.2, -0.15) is 0 Å². The molecule has 7 heteroatoms. The van der Waals surface area contributed by atoms with E-state index in [1.807, 2.05) is 45.9 Å². The van der Waals surface area contributed by atoms with Gasteiger partial charge < -0.3 is 19.3 Å². The molecule has 1 aliphatic rings. The first kappa shape index (κ1) is 25.8. The number of hydrogen-bond acceptors (Lipinski definition) is 6.